The molecule has 5 rings (SSSR count). The maximum Gasteiger partial charge on any atom is 0.343 e. The predicted molar refractivity (Wildman–Crippen MR) is 112 cm³/mol. The van der Waals surface area contributed by atoms with Gasteiger partial charge in [0, 0.05) is 36.2 Å². The topological polar surface area (TPSA) is 86.1 Å². The second-order valence-corrected chi connectivity index (χ2v) is 8.56. The first-order chi connectivity index (χ1) is 14.3. The molecule has 30 heavy (non-hydrogen) atoms. The van der Waals surface area contributed by atoms with Crippen LogP contribution in [0.15, 0.2) is 35.4 Å². The summed E-state index contributed by atoms with van der Waals surface area (Å²) < 4.78 is 5.26. The highest BCUT2D eigenvalue weighted by atomic mass is 16.6. The van der Waals surface area contributed by atoms with Gasteiger partial charge in [0.2, 0.25) is 0 Å². The minimum atomic E-state index is -1.60. The van der Waals surface area contributed by atoms with Crippen molar-refractivity contribution < 1.29 is 19.7 Å². The van der Waals surface area contributed by atoms with Gasteiger partial charge >= 0.3 is 5.97 Å². The van der Waals surface area contributed by atoms with Crippen molar-refractivity contribution in [1.82, 2.24) is 14.8 Å². The number of nitrogens with zero attached hydrogens (tertiary/aromatic N) is 3. The van der Waals surface area contributed by atoms with Crippen LogP contribution < -0.4 is 0 Å². The molecule has 0 radical (unpaired) electrons. The van der Waals surface area contributed by atoms with Crippen molar-refractivity contribution in [2.75, 3.05) is 27.2 Å². The van der Waals surface area contributed by atoms with Gasteiger partial charge in [-0.1, -0.05) is 6.92 Å². The molecule has 0 amide bonds. The van der Waals surface area contributed by atoms with Crippen molar-refractivity contribution >= 4 is 22.6 Å². The number of pyridine rings is 1. The van der Waals surface area contributed by atoms with Crippen LogP contribution >= 0.6 is 0 Å². The lowest BCUT2D eigenvalue weighted by molar-refractivity contribution is -0.163. The van der Waals surface area contributed by atoms with Gasteiger partial charge in [0.25, 0.3) is 0 Å². The molecule has 2 N–H and O–H groups in total. The van der Waals surface area contributed by atoms with Crippen LogP contribution in [0.5, 0.6) is 5.75 Å². The lowest BCUT2D eigenvalue weighted by Crippen LogP contribution is -2.47. The van der Waals surface area contributed by atoms with E-state index < -0.39 is 11.6 Å². The second kappa shape index (κ2) is 6.55. The summed E-state index contributed by atoms with van der Waals surface area (Å²) in [6.45, 7) is 3.91. The van der Waals surface area contributed by atoms with E-state index >= 15 is 0 Å². The number of aromatic nitrogens is 1. The molecular weight excluding hydrogens is 382 g/mol. The number of hydrogen-bond donors (Lipinski definition) is 2. The number of benzene rings is 1. The third-order valence-corrected chi connectivity index (χ3v) is 6.30. The zero-order valence-electron chi connectivity index (χ0n) is 17.4. The first-order valence-electron chi connectivity index (χ1n) is 10.2. The molecule has 1 atom stereocenters. The average Bonchev–Trinajstić information content (AvgIpc) is 3.07. The van der Waals surface area contributed by atoms with E-state index in [-0.39, 0.29) is 18.8 Å². The fourth-order valence-corrected chi connectivity index (χ4v) is 4.71. The number of ether oxygens (including phenoxy) is 1. The highest BCUT2D eigenvalue weighted by molar-refractivity contribution is 5.91. The van der Waals surface area contributed by atoms with Gasteiger partial charge in [0.05, 0.1) is 16.9 Å². The minimum absolute atomic E-state index is 0.212. The highest BCUT2D eigenvalue weighted by Crippen LogP contribution is 2.43. The molecule has 0 spiro atoms. The maximum absolute atomic E-state index is 12.3. The van der Waals surface area contributed by atoms with E-state index in [1.54, 1.807) is 13.0 Å². The molecule has 0 fully saturated rings. The third-order valence-electron chi connectivity index (χ3n) is 6.30. The molecule has 0 aliphatic carbocycles. The molecule has 3 aliphatic heterocycles. The first kappa shape index (κ1) is 19.1. The number of esters is 1. The summed E-state index contributed by atoms with van der Waals surface area (Å²) >= 11 is 0. The number of phenolic OH excluding ortho intramolecular Hbond substituents is 1. The number of carbonyl (C=O) groups excluding carboxylic acids is 1. The predicted octanol–water partition coefficient (Wildman–Crippen LogP) is 2.17. The summed E-state index contributed by atoms with van der Waals surface area (Å²) in [5.41, 5.74) is 4.54. The standard InChI is InChI=1S/C23H25N3O4/c1-4-23(29)17-8-19-21-13(9-26(19)10-14(17)12-30-22(23)28)7-15-16(11-25(2)3)20(27)6-5-18(15)24-21/h5-8,27,29H,4,9-12H2,1-3H3/t23-/m0/s1. The van der Waals surface area contributed by atoms with Crippen LogP contribution in [0.4, 0.5) is 0 Å². The van der Waals surface area contributed by atoms with E-state index in [0.29, 0.717) is 25.2 Å². The Morgan fingerprint density at radius 1 is 1.30 bits per heavy atom. The van der Waals surface area contributed by atoms with Crippen LogP contribution in [0.25, 0.3) is 16.6 Å². The van der Waals surface area contributed by atoms with Crippen LogP contribution in [0.3, 0.4) is 0 Å². The Balaban J connectivity index is 1.65. The molecule has 0 saturated carbocycles. The molecule has 0 bridgehead atoms. The Morgan fingerprint density at radius 2 is 2.10 bits per heavy atom. The van der Waals surface area contributed by atoms with Crippen molar-refractivity contribution in [3.8, 4) is 5.75 Å². The summed E-state index contributed by atoms with van der Waals surface area (Å²) in [5, 5.41) is 22.3. The second-order valence-electron chi connectivity index (χ2n) is 8.56. The van der Waals surface area contributed by atoms with Gasteiger partial charge in [-0.15, -0.1) is 0 Å². The monoisotopic (exact) mass is 407 g/mol. The van der Waals surface area contributed by atoms with Crippen LogP contribution in [0.2, 0.25) is 0 Å². The molecule has 1 aromatic heterocycles. The molecule has 1 aromatic carbocycles. The third kappa shape index (κ3) is 2.66. The zero-order valence-corrected chi connectivity index (χ0v) is 17.4. The molecule has 7 nitrogen and oxygen atoms in total. The smallest absolute Gasteiger partial charge is 0.343 e. The Morgan fingerprint density at radius 3 is 2.83 bits per heavy atom. The SMILES string of the molecule is CC[C@@]1(O)C(=O)OCC2=C1C=C1c3nc4ccc(O)c(CN(C)C)c4cc3CN1C2. The number of hydrogen-bond acceptors (Lipinski definition) is 7. The van der Waals surface area contributed by atoms with Crippen molar-refractivity contribution in [2.24, 2.45) is 0 Å². The summed E-state index contributed by atoms with van der Waals surface area (Å²) in [5.74, 6) is -0.309. The van der Waals surface area contributed by atoms with Gasteiger partial charge in [-0.05, 0) is 55.9 Å². The van der Waals surface area contributed by atoms with Crippen LogP contribution in [-0.4, -0.2) is 63.8 Å². The molecule has 7 heteroatoms. The van der Waals surface area contributed by atoms with E-state index in [1.165, 1.54) is 0 Å². The molecular formula is C23H25N3O4. The number of rotatable bonds is 3. The van der Waals surface area contributed by atoms with Crippen molar-refractivity contribution in [3.05, 3.63) is 52.2 Å². The Hall–Kier alpha value is -2.90. The fraction of sp³-hybridized carbons (Fsp3) is 0.391. The van der Waals surface area contributed by atoms with Crippen LogP contribution in [-0.2, 0) is 22.6 Å². The van der Waals surface area contributed by atoms with Crippen molar-refractivity contribution in [1.29, 1.82) is 0 Å². The van der Waals surface area contributed by atoms with Gasteiger partial charge in [-0.3, -0.25) is 0 Å². The van der Waals surface area contributed by atoms with E-state index in [4.69, 9.17) is 9.72 Å². The van der Waals surface area contributed by atoms with E-state index in [9.17, 15) is 15.0 Å². The zero-order chi connectivity index (χ0) is 21.2. The van der Waals surface area contributed by atoms with E-state index in [2.05, 4.69) is 11.0 Å². The van der Waals surface area contributed by atoms with Gasteiger partial charge in [0.15, 0.2) is 5.60 Å². The van der Waals surface area contributed by atoms with Crippen LogP contribution in [0, 0.1) is 0 Å². The molecule has 0 unspecified atom stereocenters. The summed E-state index contributed by atoms with van der Waals surface area (Å²) in [6.07, 6.45) is 2.17. The number of cyclic esters (lactones) is 1. The largest absolute Gasteiger partial charge is 0.508 e. The number of fused-ring (bicyclic) bond motifs is 4. The number of aliphatic hydroxyl groups is 1. The van der Waals surface area contributed by atoms with Crippen molar-refractivity contribution in [2.45, 2.75) is 32.0 Å². The first-order valence-corrected chi connectivity index (χ1v) is 10.2. The Labute approximate surface area is 174 Å². The van der Waals surface area contributed by atoms with E-state index in [1.807, 2.05) is 31.1 Å². The lowest BCUT2D eigenvalue weighted by Gasteiger charge is -2.37. The minimum Gasteiger partial charge on any atom is -0.508 e. The number of aromatic hydroxyl groups is 1. The fourth-order valence-electron chi connectivity index (χ4n) is 4.71. The highest BCUT2D eigenvalue weighted by Gasteiger charge is 2.46. The molecule has 2 aromatic rings. The van der Waals surface area contributed by atoms with E-state index in [0.717, 1.165) is 39.0 Å². The normalized spacial score (nSPS) is 22.8. The maximum atomic E-state index is 12.3. The van der Waals surface area contributed by atoms with Gasteiger partial charge < -0.3 is 24.7 Å². The summed E-state index contributed by atoms with van der Waals surface area (Å²) in [6, 6.07) is 5.64. The average molecular weight is 407 g/mol. The van der Waals surface area contributed by atoms with Gasteiger partial charge in [0.1, 0.15) is 12.4 Å². The molecule has 156 valence electrons. The van der Waals surface area contributed by atoms with Gasteiger partial charge in [-0.25, -0.2) is 9.78 Å². The van der Waals surface area contributed by atoms with Gasteiger partial charge in [-0.2, -0.15) is 0 Å². The summed E-state index contributed by atoms with van der Waals surface area (Å²) in [4.78, 5) is 21.4. The van der Waals surface area contributed by atoms with Crippen LogP contribution in [0.1, 0.15) is 30.2 Å². The van der Waals surface area contributed by atoms with Crippen molar-refractivity contribution in [3.63, 3.8) is 0 Å². The lowest BCUT2D eigenvalue weighted by atomic mass is 9.83. The summed E-state index contributed by atoms with van der Waals surface area (Å²) in [7, 11) is 3.94. The number of phenols is 1. The Bertz CT molecular complexity index is 1150. The molecule has 4 heterocycles. The molecule has 0 saturated heterocycles. The Kier molecular flexibility index (Phi) is 4.17. The number of carbonyl (C=O) groups is 1. The molecule has 3 aliphatic rings. The quantitative estimate of drug-likeness (QED) is 0.754.